The molecule has 1 aliphatic rings. The molecule has 1 amide bonds. The minimum Gasteiger partial charge on any atom is -0.480 e. The molecule has 1 fully saturated rings. The molecule has 10 nitrogen and oxygen atoms in total. The molecule has 0 saturated carbocycles. The number of nitrogens with zero attached hydrogens (tertiary/aromatic N) is 3. The van der Waals surface area contributed by atoms with Crippen molar-refractivity contribution < 1.29 is 28.0 Å². The highest BCUT2D eigenvalue weighted by Crippen LogP contribution is 2.26. The summed E-state index contributed by atoms with van der Waals surface area (Å²) in [6.07, 6.45) is 0.555. The van der Waals surface area contributed by atoms with Gasteiger partial charge in [-0.1, -0.05) is 20.3 Å². The van der Waals surface area contributed by atoms with Crippen LogP contribution in [0.5, 0.6) is 0 Å². The number of nitro groups is 1. The van der Waals surface area contributed by atoms with Crippen LogP contribution in [0.4, 0.5) is 5.69 Å². The number of hydrogen-bond acceptors (Lipinski definition) is 6. The fourth-order valence-electron chi connectivity index (χ4n) is 3.26. The molecule has 1 unspecified atom stereocenters. The molecule has 1 aromatic rings. The Kier molecular flexibility index (Phi) is 6.40. The van der Waals surface area contributed by atoms with Gasteiger partial charge in [-0.15, -0.1) is 0 Å². The van der Waals surface area contributed by atoms with E-state index in [1.165, 1.54) is 11.8 Å². The zero-order valence-corrected chi connectivity index (χ0v) is 16.6. The molecule has 1 N–H and O–H groups in total. The molecule has 28 heavy (non-hydrogen) atoms. The summed E-state index contributed by atoms with van der Waals surface area (Å²) in [5, 5.41) is 20.3. The molecule has 1 aliphatic heterocycles. The van der Waals surface area contributed by atoms with Crippen LogP contribution in [-0.2, 0) is 19.6 Å². The topological polar surface area (TPSA) is 138 Å². The van der Waals surface area contributed by atoms with E-state index >= 15 is 0 Å². The minimum atomic E-state index is -4.07. The molecule has 0 spiro atoms. The van der Waals surface area contributed by atoms with E-state index in [0.717, 1.165) is 28.6 Å². The van der Waals surface area contributed by atoms with E-state index in [-0.39, 0.29) is 29.6 Å². The largest absolute Gasteiger partial charge is 0.480 e. The summed E-state index contributed by atoms with van der Waals surface area (Å²) >= 11 is 0. The van der Waals surface area contributed by atoms with Crippen LogP contribution in [0.15, 0.2) is 29.2 Å². The molecule has 2 rings (SSSR count). The average molecular weight is 413 g/mol. The predicted octanol–water partition coefficient (Wildman–Crippen LogP) is 1.32. The molecule has 0 aliphatic carbocycles. The van der Waals surface area contributed by atoms with Gasteiger partial charge in [0.2, 0.25) is 15.9 Å². The van der Waals surface area contributed by atoms with Crippen LogP contribution in [0, 0.1) is 16.0 Å². The molecule has 154 valence electrons. The van der Waals surface area contributed by atoms with Gasteiger partial charge < -0.3 is 10.0 Å². The summed E-state index contributed by atoms with van der Waals surface area (Å²) < 4.78 is 26.8. The van der Waals surface area contributed by atoms with Crippen molar-refractivity contribution in [3.8, 4) is 0 Å². The normalized spacial score (nSPS) is 20.6. The number of carbonyl (C=O) groups excluding carboxylic acids is 1. The smallest absolute Gasteiger partial charge is 0.326 e. The lowest BCUT2D eigenvalue weighted by Gasteiger charge is -2.42. The summed E-state index contributed by atoms with van der Waals surface area (Å²) in [5.41, 5.74) is -0.245. The quantitative estimate of drug-likeness (QED) is 0.525. The highest BCUT2D eigenvalue weighted by molar-refractivity contribution is 7.89. The first-order valence-corrected chi connectivity index (χ1v) is 10.3. The van der Waals surface area contributed by atoms with Crippen LogP contribution in [0.25, 0.3) is 0 Å². The highest BCUT2D eigenvalue weighted by Gasteiger charge is 2.44. The maximum absolute atomic E-state index is 12.9. The number of hydrogen-bond donors (Lipinski definition) is 1. The lowest BCUT2D eigenvalue weighted by Crippen LogP contribution is -2.62. The molecule has 0 aromatic heterocycles. The molecule has 1 saturated heterocycles. The van der Waals surface area contributed by atoms with E-state index in [4.69, 9.17) is 0 Å². The van der Waals surface area contributed by atoms with Crippen molar-refractivity contribution >= 4 is 27.6 Å². The second kappa shape index (κ2) is 8.23. The van der Waals surface area contributed by atoms with Crippen molar-refractivity contribution in [2.45, 2.75) is 44.2 Å². The summed E-state index contributed by atoms with van der Waals surface area (Å²) in [6, 6.07) is 2.30. The maximum Gasteiger partial charge on any atom is 0.326 e. The summed E-state index contributed by atoms with van der Waals surface area (Å²) in [6.45, 7) is 4.86. The third-order valence-corrected chi connectivity index (χ3v) is 7.04. The maximum atomic E-state index is 12.9. The number of rotatable bonds is 7. The van der Waals surface area contributed by atoms with Crippen molar-refractivity contribution in [2.24, 2.45) is 5.92 Å². The standard InChI is InChI=1S/C17H23N3O7S/c1-4-11(2)15(17(22)23)18-9-10-19(12(3)16(18)21)28(26,27)14-7-5-13(6-8-14)20(24)25/h5-8,11-12,15H,4,9-10H2,1-3H3,(H,22,23)/t11-,12?,15-/m0/s1. The molecule has 11 heteroatoms. The van der Waals surface area contributed by atoms with Crippen LogP contribution >= 0.6 is 0 Å². The van der Waals surface area contributed by atoms with E-state index < -0.39 is 38.9 Å². The van der Waals surface area contributed by atoms with Crippen LogP contribution in [0.3, 0.4) is 0 Å². The Balaban J connectivity index is 2.29. The monoisotopic (exact) mass is 413 g/mol. The third-order valence-electron chi connectivity index (χ3n) is 5.06. The molecular weight excluding hydrogens is 390 g/mol. The van der Waals surface area contributed by atoms with Crippen molar-refractivity contribution in [3.63, 3.8) is 0 Å². The van der Waals surface area contributed by atoms with Crippen molar-refractivity contribution in [1.82, 2.24) is 9.21 Å². The van der Waals surface area contributed by atoms with Crippen LogP contribution in [0.1, 0.15) is 27.2 Å². The van der Waals surface area contributed by atoms with E-state index in [1.54, 1.807) is 6.92 Å². The summed E-state index contributed by atoms with van der Waals surface area (Å²) in [5.74, 6) is -1.99. The Morgan fingerprint density at radius 3 is 2.36 bits per heavy atom. The van der Waals surface area contributed by atoms with Gasteiger partial charge in [0.25, 0.3) is 5.69 Å². The SMILES string of the molecule is CC[C@H](C)[C@@H](C(=O)O)N1CCN(S(=O)(=O)c2ccc([N+](=O)[O-])cc2)C(C)C1=O. The number of benzene rings is 1. The van der Waals surface area contributed by atoms with Crippen LogP contribution in [-0.4, -0.2) is 64.7 Å². The van der Waals surface area contributed by atoms with Gasteiger partial charge in [-0.05, 0) is 25.0 Å². The number of carboxylic acids is 1. The first kappa shape index (κ1) is 21.8. The summed E-state index contributed by atoms with van der Waals surface area (Å²) in [4.78, 5) is 35.6. The van der Waals surface area contributed by atoms with E-state index in [2.05, 4.69) is 0 Å². The van der Waals surface area contributed by atoms with Gasteiger partial charge in [0, 0.05) is 25.2 Å². The van der Waals surface area contributed by atoms with Gasteiger partial charge in [-0.25, -0.2) is 13.2 Å². The first-order valence-electron chi connectivity index (χ1n) is 8.82. The predicted molar refractivity (Wildman–Crippen MR) is 99.0 cm³/mol. The molecule has 0 bridgehead atoms. The van der Waals surface area contributed by atoms with Gasteiger partial charge >= 0.3 is 5.97 Å². The van der Waals surface area contributed by atoms with Crippen molar-refractivity contribution in [3.05, 3.63) is 34.4 Å². The van der Waals surface area contributed by atoms with Gasteiger partial charge in [-0.3, -0.25) is 14.9 Å². The molecular formula is C17H23N3O7S. The Morgan fingerprint density at radius 2 is 1.89 bits per heavy atom. The zero-order valence-electron chi connectivity index (χ0n) is 15.8. The number of amides is 1. The van der Waals surface area contributed by atoms with Crippen molar-refractivity contribution in [2.75, 3.05) is 13.1 Å². The minimum absolute atomic E-state index is 0.0449. The Labute approximate surface area is 162 Å². The van der Waals surface area contributed by atoms with Gasteiger partial charge in [-0.2, -0.15) is 4.31 Å². The van der Waals surface area contributed by atoms with Gasteiger partial charge in [0.1, 0.15) is 12.1 Å². The Morgan fingerprint density at radius 1 is 1.32 bits per heavy atom. The fourth-order valence-corrected chi connectivity index (χ4v) is 4.84. The lowest BCUT2D eigenvalue weighted by atomic mass is 9.96. The Hall–Kier alpha value is -2.53. The van der Waals surface area contributed by atoms with E-state index in [9.17, 15) is 33.2 Å². The number of carbonyl (C=O) groups is 2. The van der Waals surface area contributed by atoms with E-state index in [0.29, 0.717) is 6.42 Å². The van der Waals surface area contributed by atoms with Crippen LogP contribution in [0.2, 0.25) is 0 Å². The lowest BCUT2D eigenvalue weighted by molar-refractivity contribution is -0.384. The van der Waals surface area contributed by atoms with Gasteiger partial charge in [0.05, 0.1) is 9.82 Å². The zero-order chi connectivity index (χ0) is 21.2. The number of piperazine rings is 1. The molecule has 1 aromatic carbocycles. The van der Waals surface area contributed by atoms with Gasteiger partial charge in [0.15, 0.2) is 0 Å². The number of carboxylic acid groups (broad SMARTS) is 1. The number of non-ortho nitro benzene ring substituents is 1. The highest BCUT2D eigenvalue weighted by atomic mass is 32.2. The second-order valence-electron chi connectivity index (χ2n) is 6.74. The fraction of sp³-hybridized carbons (Fsp3) is 0.529. The number of sulfonamides is 1. The third kappa shape index (κ3) is 3.99. The number of aliphatic carboxylic acids is 1. The molecule has 3 atom stereocenters. The number of nitro benzene ring substituents is 1. The van der Waals surface area contributed by atoms with Crippen LogP contribution < -0.4 is 0 Å². The first-order chi connectivity index (χ1) is 13.0. The average Bonchev–Trinajstić information content (AvgIpc) is 2.64. The molecule has 0 radical (unpaired) electrons. The second-order valence-corrected chi connectivity index (χ2v) is 8.63. The van der Waals surface area contributed by atoms with E-state index in [1.807, 2.05) is 6.92 Å². The van der Waals surface area contributed by atoms with Crippen molar-refractivity contribution in [1.29, 1.82) is 0 Å². The molecule has 1 heterocycles. The summed E-state index contributed by atoms with van der Waals surface area (Å²) in [7, 11) is -4.07. The Bertz CT molecular complexity index is 869.